The maximum atomic E-state index is 12.3. The largest absolute Gasteiger partial charge is 0.464 e. The van der Waals surface area contributed by atoms with Crippen molar-refractivity contribution in [3.05, 3.63) is 16.3 Å². The number of hydrogen-bond acceptors (Lipinski definition) is 9. The molecule has 2 fully saturated rings. The molecule has 2 aliphatic rings. The molecule has 1 unspecified atom stereocenters. The van der Waals surface area contributed by atoms with Crippen LogP contribution in [0.5, 0.6) is 0 Å². The van der Waals surface area contributed by atoms with Crippen molar-refractivity contribution < 1.29 is 19.1 Å². The zero-order chi connectivity index (χ0) is 19.2. The van der Waals surface area contributed by atoms with E-state index < -0.39 is 5.54 Å². The predicted molar refractivity (Wildman–Crippen MR) is 100 cm³/mol. The molecule has 2 aromatic heterocycles. The first-order valence-corrected chi connectivity index (χ1v) is 9.93. The number of aryl methyl sites for hydroxylation is 1. The van der Waals surface area contributed by atoms with E-state index in [0.717, 1.165) is 24.9 Å². The zero-order valence-electron chi connectivity index (χ0n) is 15.4. The van der Waals surface area contributed by atoms with Crippen molar-refractivity contribution >= 4 is 39.3 Å². The molecule has 4 rings (SSSR count). The number of cyclic esters (lactones) is 1. The number of nitrogens with zero attached hydrogens (tertiary/aromatic N) is 3. The van der Waals surface area contributed by atoms with Gasteiger partial charge in [0.2, 0.25) is 0 Å². The Bertz CT molecular complexity index is 924. The normalized spacial score (nSPS) is 22.7. The molecular weight excluding hydrogens is 368 g/mol. The summed E-state index contributed by atoms with van der Waals surface area (Å²) in [5.74, 6) is 0.385. The summed E-state index contributed by atoms with van der Waals surface area (Å²) in [6, 6.07) is 0. The lowest BCUT2D eigenvalue weighted by Crippen LogP contribution is -2.47. The number of hydrogen-bond donors (Lipinski definition) is 1. The van der Waals surface area contributed by atoms with E-state index in [2.05, 4.69) is 14.9 Å². The van der Waals surface area contributed by atoms with Crippen LogP contribution in [-0.4, -0.2) is 52.1 Å². The van der Waals surface area contributed by atoms with E-state index in [-0.39, 0.29) is 11.9 Å². The minimum Gasteiger partial charge on any atom is -0.464 e. The van der Waals surface area contributed by atoms with Crippen LogP contribution in [0, 0.1) is 6.92 Å². The van der Waals surface area contributed by atoms with E-state index in [4.69, 9.17) is 15.2 Å². The number of esters is 2. The highest BCUT2D eigenvalue weighted by atomic mass is 32.1. The van der Waals surface area contributed by atoms with Crippen molar-refractivity contribution in [2.24, 2.45) is 0 Å². The van der Waals surface area contributed by atoms with Crippen LogP contribution < -0.4 is 5.73 Å². The molecule has 2 aromatic rings. The summed E-state index contributed by atoms with van der Waals surface area (Å²) >= 11 is 1.27. The van der Waals surface area contributed by atoms with Crippen LogP contribution in [0.4, 0.5) is 5.82 Å². The lowest BCUT2D eigenvalue weighted by Gasteiger charge is -2.30. The van der Waals surface area contributed by atoms with Gasteiger partial charge in [0.1, 0.15) is 26.9 Å². The minimum absolute atomic E-state index is 0.148. The summed E-state index contributed by atoms with van der Waals surface area (Å²) < 4.78 is 10.3. The average molecular weight is 390 g/mol. The number of aromatic nitrogens is 2. The summed E-state index contributed by atoms with van der Waals surface area (Å²) in [5, 5.41) is 0.697. The Balaban J connectivity index is 1.67. The van der Waals surface area contributed by atoms with Crippen molar-refractivity contribution in [2.45, 2.75) is 45.2 Å². The van der Waals surface area contributed by atoms with Crippen LogP contribution in [0.15, 0.2) is 0 Å². The third-order valence-corrected chi connectivity index (χ3v) is 6.58. The van der Waals surface area contributed by atoms with Gasteiger partial charge in [0.15, 0.2) is 0 Å². The van der Waals surface area contributed by atoms with Gasteiger partial charge >= 0.3 is 11.9 Å². The van der Waals surface area contributed by atoms with Gasteiger partial charge < -0.3 is 15.2 Å². The van der Waals surface area contributed by atoms with Crippen molar-refractivity contribution in [1.29, 1.82) is 0 Å². The van der Waals surface area contributed by atoms with Gasteiger partial charge in [-0.05, 0) is 38.8 Å². The molecular formula is C18H22N4O4S. The molecule has 0 aliphatic carbocycles. The number of rotatable bonds is 4. The SMILES string of the molecule is CCOC(=O)c1sc2nc(CN3CCCC34CCOC4=O)nc(N)c2c1C. The molecule has 2 saturated heterocycles. The number of thiophene rings is 1. The Hall–Kier alpha value is -2.26. The summed E-state index contributed by atoms with van der Waals surface area (Å²) in [4.78, 5) is 36.8. The average Bonchev–Trinajstić information content (AvgIpc) is 3.29. The first-order valence-electron chi connectivity index (χ1n) is 9.11. The van der Waals surface area contributed by atoms with Crippen molar-refractivity contribution in [2.75, 3.05) is 25.5 Å². The Labute approximate surface area is 160 Å². The molecule has 144 valence electrons. The molecule has 27 heavy (non-hydrogen) atoms. The van der Waals surface area contributed by atoms with E-state index in [0.29, 0.717) is 52.9 Å². The predicted octanol–water partition coefficient (Wildman–Crippen LogP) is 2.04. The number of fused-ring (bicyclic) bond motifs is 1. The Kier molecular flexibility index (Phi) is 4.51. The minimum atomic E-state index is -0.547. The van der Waals surface area contributed by atoms with E-state index in [1.807, 2.05) is 6.92 Å². The molecule has 0 saturated carbocycles. The Morgan fingerprint density at radius 2 is 2.22 bits per heavy atom. The fourth-order valence-electron chi connectivity index (χ4n) is 4.08. The molecule has 1 atom stereocenters. The monoisotopic (exact) mass is 390 g/mol. The van der Waals surface area contributed by atoms with Crippen LogP contribution in [0.25, 0.3) is 10.2 Å². The summed E-state index contributed by atoms with van der Waals surface area (Å²) in [6.45, 7) is 5.60. The van der Waals surface area contributed by atoms with Gasteiger partial charge in [-0.1, -0.05) is 0 Å². The first kappa shape index (κ1) is 18.1. The van der Waals surface area contributed by atoms with E-state index >= 15 is 0 Å². The van der Waals surface area contributed by atoms with Crippen molar-refractivity contribution in [1.82, 2.24) is 14.9 Å². The molecule has 0 bridgehead atoms. The van der Waals surface area contributed by atoms with Gasteiger partial charge in [-0.3, -0.25) is 9.69 Å². The molecule has 2 aliphatic heterocycles. The smallest absolute Gasteiger partial charge is 0.348 e. The third kappa shape index (κ3) is 2.85. The van der Waals surface area contributed by atoms with Crippen molar-refractivity contribution in [3.63, 3.8) is 0 Å². The van der Waals surface area contributed by atoms with Crippen LogP contribution in [0.2, 0.25) is 0 Å². The summed E-state index contributed by atoms with van der Waals surface area (Å²) in [5.41, 5.74) is 6.38. The van der Waals surface area contributed by atoms with Gasteiger partial charge in [-0.15, -0.1) is 11.3 Å². The Morgan fingerprint density at radius 1 is 1.41 bits per heavy atom. The van der Waals surface area contributed by atoms with Crippen LogP contribution in [0.3, 0.4) is 0 Å². The van der Waals surface area contributed by atoms with Gasteiger partial charge in [0, 0.05) is 6.42 Å². The molecule has 8 nitrogen and oxygen atoms in total. The number of carbonyl (C=O) groups is 2. The van der Waals surface area contributed by atoms with E-state index in [1.54, 1.807) is 6.92 Å². The Morgan fingerprint density at radius 3 is 2.93 bits per heavy atom. The fourth-order valence-corrected chi connectivity index (χ4v) is 5.18. The molecule has 0 amide bonds. The molecule has 1 spiro atoms. The van der Waals surface area contributed by atoms with Crippen LogP contribution in [0.1, 0.15) is 47.2 Å². The van der Waals surface area contributed by atoms with Gasteiger partial charge in [0.05, 0.1) is 25.1 Å². The number of ether oxygens (including phenoxy) is 2. The van der Waals surface area contributed by atoms with Gasteiger partial charge in [-0.2, -0.15) is 0 Å². The topological polar surface area (TPSA) is 108 Å². The highest BCUT2D eigenvalue weighted by Crippen LogP contribution is 2.39. The highest BCUT2D eigenvalue weighted by molar-refractivity contribution is 7.20. The second kappa shape index (κ2) is 6.72. The fraction of sp³-hybridized carbons (Fsp3) is 0.556. The van der Waals surface area contributed by atoms with E-state index in [1.165, 1.54) is 11.3 Å². The van der Waals surface area contributed by atoms with Gasteiger partial charge in [-0.25, -0.2) is 14.8 Å². The van der Waals surface area contributed by atoms with Gasteiger partial charge in [0.25, 0.3) is 0 Å². The highest BCUT2D eigenvalue weighted by Gasteiger charge is 2.52. The number of nitrogens with two attached hydrogens (primary N) is 1. The number of anilines is 1. The molecule has 2 N–H and O–H groups in total. The standard InChI is InChI=1S/C18H22N4O4S/c1-3-25-16(23)13-10(2)12-14(19)20-11(21-15(12)27-13)9-22-7-4-5-18(22)6-8-26-17(18)24/h3-9H2,1-2H3,(H2,19,20,21). The van der Waals surface area contributed by atoms with Crippen LogP contribution >= 0.6 is 11.3 Å². The maximum absolute atomic E-state index is 12.3. The number of likely N-dealkylation sites (tertiary alicyclic amines) is 1. The molecule has 9 heteroatoms. The second-order valence-corrected chi connectivity index (χ2v) is 7.92. The summed E-state index contributed by atoms with van der Waals surface area (Å²) in [6.07, 6.45) is 2.45. The van der Waals surface area contributed by atoms with Crippen LogP contribution in [-0.2, 0) is 20.8 Å². The number of carbonyl (C=O) groups excluding carboxylic acids is 2. The quantitative estimate of drug-likeness (QED) is 0.790. The van der Waals surface area contributed by atoms with E-state index in [9.17, 15) is 9.59 Å². The lowest BCUT2D eigenvalue weighted by molar-refractivity contribution is -0.147. The third-order valence-electron chi connectivity index (χ3n) is 5.41. The zero-order valence-corrected chi connectivity index (χ0v) is 16.2. The molecule has 0 radical (unpaired) electrons. The molecule has 0 aromatic carbocycles. The van der Waals surface area contributed by atoms with Crippen molar-refractivity contribution in [3.8, 4) is 0 Å². The number of nitrogen functional groups attached to an aromatic ring is 1. The lowest BCUT2D eigenvalue weighted by atomic mass is 9.94. The summed E-state index contributed by atoms with van der Waals surface area (Å²) in [7, 11) is 0. The maximum Gasteiger partial charge on any atom is 0.348 e. The second-order valence-electron chi connectivity index (χ2n) is 6.92. The molecule has 4 heterocycles. The first-order chi connectivity index (χ1) is 13.0.